The fourth-order valence-electron chi connectivity index (χ4n) is 2.25. The average Bonchev–Trinajstić information content (AvgIpc) is 2.46. The molecule has 0 aromatic carbocycles. The maximum Gasteiger partial charge on any atom is 0.418 e. The maximum absolute atomic E-state index is 12.9. The third-order valence-corrected chi connectivity index (χ3v) is 3.59. The second kappa shape index (κ2) is 5.56. The summed E-state index contributed by atoms with van der Waals surface area (Å²) in [6.07, 6.45) is -4.12. The molecule has 2 N–H and O–H groups in total. The topological polar surface area (TPSA) is 90.7 Å². The molecular weight excluding hydrogens is 305 g/mol. The SMILES string of the molecule is O=C(c1ncccc1C(F)(F)F)N1CCC(O)(C(=O)O)CC1. The molecule has 0 unspecified atom stereocenters. The van der Waals surface area contributed by atoms with Crippen LogP contribution in [0.4, 0.5) is 13.2 Å². The third kappa shape index (κ3) is 3.03. The van der Waals surface area contributed by atoms with Crippen molar-refractivity contribution in [3.63, 3.8) is 0 Å². The van der Waals surface area contributed by atoms with E-state index in [-0.39, 0.29) is 25.9 Å². The van der Waals surface area contributed by atoms with Gasteiger partial charge in [0.25, 0.3) is 5.91 Å². The van der Waals surface area contributed by atoms with Crippen molar-refractivity contribution in [3.8, 4) is 0 Å². The molecule has 0 saturated carbocycles. The Kier molecular flexibility index (Phi) is 4.10. The van der Waals surface area contributed by atoms with E-state index in [4.69, 9.17) is 5.11 Å². The number of carboxylic acids is 1. The van der Waals surface area contributed by atoms with Crippen molar-refractivity contribution in [3.05, 3.63) is 29.6 Å². The second-order valence-electron chi connectivity index (χ2n) is 5.03. The van der Waals surface area contributed by atoms with Crippen molar-refractivity contribution in [1.82, 2.24) is 9.88 Å². The first kappa shape index (κ1) is 16.2. The van der Waals surface area contributed by atoms with Gasteiger partial charge in [-0.1, -0.05) is 0 Å². The van der Waals surface area contributed by atoms with Crippen LogP contribution < -0.4 is 0 Å². The first-order chi connectivity index (χ1) is 10.1. The number of likely N-dealkylation sites (tertiary alicyclic amines) is 1. The van der Waals surface area contributed by atoms with Crippen molar-refractivity contribution in [1.29, 1.82) is 0 Å². The van der Waals surface area contributed by atoms with Crippen LogP contribution in [0.5, 0.6) is 0 Å². The number of piperidine rings is 1. The van der Waals surface area contributed by atoms with Gasteiger partial charge in [0.2, 0.25) is 0 Å². The van der Waals surface area contributed by atoms with Crippen molar-refractivity contribution in [2.45, 2.75) is 24.6 Å². The molecule has 1 fully saturated rings. The van der Waals surface area contributed by atoms with Crippen LogP contribution in [0, 0.1) is 0 Å². The van der Waals surface area contributed by atoms with E-state index in [2.05, 4.69) is 4.98 Å². The van der Waals surface area contributed by atoms with Gasteiger partial charge < -0.3 is 15.1 Å². The lowest BCUT2D eigenvalue weighted by Gasteiger charge is -2.35. The standard InChI is InChI=1S/C13H13F3N2O4/c14-13(15,16)8-2-1-5-17-9(8)10(19)18-6-3-12(22,4-7-18)11(20)21/h1-2,5,22H,3-4,6-7H2,(H,20,21). The Hall–Kier alpha value is -2.16. The smallest absolute Gasteiger partial charge is 0.418 e. The largest absolute Gasteiger partial charge is 0.479 e. The zero-order valence-corrected chi connectivity index (χ0v) is 11.3. The molecule has 1 aromatic heterocycles. The molecular formula is C13H13F3N2O4. The molecule has 1 aliphatic rings. The second-order valence-corrected chi connectivity index (χ2v) is 5.03. The molecule has 120 valence electrons. The van der Waals surface area contributed by atoms with Gasteiger partial charge in [0.05, 0.1) is 5.56 Å². The van der Waals surface area contributed by atoms with Gasteiger partial charge in [0.1, 0.15) is 5.69 Å². The number of carbonyl (C=O) groups is 2. The molecule has 1 amide bonds. The fraction of sp³-hybridized carbons (Fsp3) is 0.462. The predicted octanol–water partition coefficient (Wildman–Crippen LogP) is 1.15. The van der Waals surface area contributed by atoms with Gasteiger partial charge >= 0.3 is 12.1 Å². The van der Waals surface area contributed by atoms with Crippen molar-refractivity contribution in [2.24, 2.45) is 0 Å². The number of nitrogens with zero attached hydrogens (tertiary/aromatic N) is 2. The lowest BCUT2D eigenvalue weighted by Crippen LogP contribution is -2.51. The molecule has 0 bridgehead atoms. The normalized spacial score (nSPS) is 18.1. The molecule has 6 nitrogen and oxygen atoms in total. The number of carbonyl (C=O) groups excluding carboxylic acids is 1. The number of rotatable bonds is 2. The highest BCUT2D eigenvalue weighted by Gasteiger charge is 2.42. The van der Waals surface area contributed by atoms with Crippen molar-refractivity contribution >= 4 is 11.9 Å². The van der Waals surface area contributed by atoms with Crippen LogP contribution >= 0.6 is 0 Å². The fourth-order valence-corrected chi connectivity index (χ4v) is 2.25. The van der Waals surface area contributed by atoms with E-state index in [9.17, 15) is 27.9 Å². The highest BCUT2D eigenvalue weighted by atomic mass is 19.4. The van der Waals surface area contributed by atoms with E-state index in [0.29, 0.717) is 0 Å². The number of halogens is 3. The Labute approximate surface area is 123 Å². The van der Waals surface area contributed by atoms with E-state index < -0.39 is 34.9 Å². The van der Waals surface area contributed by atoms with Gasteiger partial charge in [-0.25, -0.2) is 4.79 Å². The Morgan fingerprint density at radius 3 is 2.36 bits per heavy atom. The van der Waals surface area contributed by atoms with Gasteiger partial charge in [-0.15, -0.1) is 0 Å². The molecule has 2 heterocycles. The zero-order chi connectivity index (χ0) is 16.5. The number of hydrogen-bond acceptors (Lipinski definition) is 4. The number of aliphatic hydroxyl groups is 1. The quantitative estimate of drug-likeness (QED) is 0.854. The molecule has 1 aromatic rings. The molecule has 0 radical (unpaired) electrons. The van der Waals surface area contributed by atoms with Gasteiger partial charge in [0.15, 0.2) is 5.60 Å². The number of carboxylic acid groups (broad SMARTS) is 1. The monoisotopic (exact) mass is 318 g/mol. The van der Waals surface area contributed by atoms with Gasteiger partial charge in [-0.2, -0.15) is 13.2 Å². The number of aliphatic carboxylic acids is 1. The molecule has 9 heteroatoms. The summed E-state index contributed by atoms with van der Waals surface area (Å²) < 4.78 is 38.6. The molecule has 1 aliphatic heterocycles. The van der Waals surface area contributed by atoms with E-state index in [1.165, 1.54) is 0 Å². The summed E-state index contributed by atoms with van der Waals surface area (Å²) >= 11 is 0. The summed E-state index contributed by atoms with van der Waals surface area (Å²) in [5.41, 5.74) is -3.82. The minimum atomic E-state index is -4.71. The lowest BCUT2D eigenvalue weighted by atomic mass is 9.91. The summed E-state index contributed by atoms with van der Waals surface area (Å²) in [6, 6.07) is 1.84. The maximum atomic E-state index is 12.9. The summed E-state index contributed by atoms with van der Waals surface area (Å²) in [6.45, 7) is -0.314. The van der Waals surface area contributed by atoms with Crippen LogP contribution in [-0.4, -0.2) is 50.7 Å². The molecule has 0 atom stereocenters. The predicted molar refractivity (Wildman–Crippen MR) is 67.0 cm³/mol. The van der Waals surface area contributed by atoms with Gasteiger partial charge in [0, 0.05) is 32.1 Å². The number of amides is 1. The Balaban J connectivity index is 2.20. The zero-order valence-electron chi connectivity index (χ0n) is 11.3. The van der Waals surface area contributed by atoms with E-state index in [1.54, 1.807) is 0 Å². The highest BCUT2D eigenvalue weighted by molar-refractivity contribution is 5.94. The van der Waals surface area contributed by atoms with Gasteiger partial charge in [-0.05, 0) is 12.1 Å². The summed E-state index contributed by atoms with van der Waals surface area (Å²) in [7, 11) is 0. The molecule has 1 saturated heterocycles. The summed E-state index contributed by atoms with van der Waals surface area (Å²) in [5, 5.41) is 18.6. The minimum absolute atomic E-state index is 0.157. The van der Waals surface area contributed by atoms with Crippen LogP contribution in [0.3, 0.4) is 0 Å². The number of hydrogen-bond donors (Lipinski definition) is 2. The van der Waals surface area contributed by atoms with Crippen LogP contribution in [-0.2, 0) is 11.0 Å². The van der Waals surface area contributed by atoms with Crippen molar-refractivity contribution < 1.29 is 33.0 Å². The van der Waals surface area contributed by atoms with Crippen LogP contribution in [0.1, 0.15) is 28.9 Å². The Morgan fingerprint density at radius 1 is 1.27 bits per heavy atom. The first-order valence-electron chi connectivity index (χ1n) is 6.42. The number of pyridine rings is 1. The number of aromatic nitrogens is 1. The summed E-state index contributed by atoms with van der Waals surface area (Å²) in [5.74, 6) is -2.34. The van der Waals surface area contributed by atoms with Crippen LogP contribution in [0.15, 0.2) is 18.3 Å². The highest BCUT2D eigenvalue weighted by Crippen LogP contribution is 2.32. The van der Waals surface area contributed by atoms with Gasteiger partial charge in [-0.3, -0.25) is 9.78 Å². The minimum Gasteiger partial charge on any atom is -0.479 e. The average molecular weight is 318 g/mol. The molecule has 0 spiro atoms. The first-order valence-corrected chi connectivity index (χ1v) is 6.42. The van der Waals surface area contributed by atoms with Crippen molar-refractivity contribution in [2.75, 3.05) is 13.1 Å². The molecule has 2 rings (SSSR count). The Bertz CT molecular complexity index is 595. The molecule has 0 aliphatic carbocycles. The third-order valence-electron chi connectivity index (χ3n) is 3.59. The van der Waals surface area contributed by atoms with E-state index in [0.717, 1.165) is 23.2 Å². The Morgan fingerprint density at radius 2 is 1.86 bits per heavy atom. The van der Waals surface area contributed by atoms with Crippen LogP contribution in [0.25, 0.3) is 0 Å². The lowest BCUT2D eigenvalue weighted by molar-refractivity contribution is -0.162. The van der Waals surface area contributed by atoms with E-state index >= 15 is 0 Å². The van der Waals surface area contributed by atoms with E-state index in [1.807, 2.05) is 0 Å². The number of alkyl halides is 3. The summed E-state index contributed by atoms with van der Waals surface area (Å²) in [4.78, 5) is 27.6. The molecule has 22 heavy (non-hydrogen) atoms. The van der Waals surface area contributed by atoms with Crippen LogP contribution in [0.2, 0.25) is 0 Å².